The predicted molar refractivity (Wildman–Crippen MR) is 84.5 cm³/mol. The third-order valence-corrected chi connectivity index (χ3v) is 4.64. The van der Waals surface area contributed by atoms with E-state index >= 15 is 0 Å². The van der Waals surface area contributed by atoms with E-state index in [0.717, 1.165) is 25.1 Å². The van der Waals surface area contributed by atoms with Crippen LogP contribution < -0.4 is 10.0 Å². The summed E-state index contributed by atoms with van der Waals surface area (Å²) in [4.78, 5) is 0. The van der Waals surface area contributed by atoms with E-state index < -0.39 is 10.2 Å². The molecule has 0 unspecified atom stereocenters. The van der Waals surface area contributed by atoms with Gasteiger partial charge in [-0.1, -0.05) is 24.6 Å². The number of halogens is 1. The van der Waals surface area contributed by atoms with Crippen LogP contribution in [0.15, 0.2) is 18.2 Å². The fourth-order valence-corrected chi connectivity index (χ4v) is 2.84. The average molecular weight is 320 g/mol. The highest BCUT2D eigenvalue weighted by atomic mass is 35.5. The van der Waals surface area contributed by atoms with Crippen LogP contribution in [0.4, 0.5) is 5.69 Å². The normalized spacial score (nSPS) is 11.8. The fraction of sp³-hybridized carbons (Fsp3) is 0.538. The molecular weight excluding hydrogens is 298 g/mol. The van der Waals surface area contributed by atoms with Crippen LogP contribution in [0.25, 0.3) is 0 Å². The van der Waals surface area contributed by atoms with E-state index in [1.165, 1.54) is 4.31 Å². The third kappa shape index (κ3) is 5.28. The number of rotatable bonds is 8. The van der Waals surface area contributed by atoms with Crippen molar-refractivity contribution in [3.8, 4) is 0 Å². The molecule has 0 atom stereocenters. The van der Waals surface area contributed by atoms with Crippen LogP contribution in [0.2, 0.25) is 5.02 Å². The van der Waals surface area contributed by atoms with Gasteiger partial charge in [-0.25, -0.2) is 0 Å². The molecule has 1 rings (SSSR count). The number of nitrogens with zero attached hydrogens (tertiary/aromatic N) is 1. The highest BCUT2D eigenvalue weighted by molar-refractivity contribution is 7.90. The first kappa shape index (κ1) is 17.2. The molecule has 0 aliphatic heterocycles. The van der Waals surface area contributed by atoms with Gasteiger partial charge in [-0.05, 0) is 44.1 Å². The third-order valence-electron chi connectivity index (χ3n) is 2.93. The SMILES string of the molecule is CCNCCCN(C)S(=O)(=O)Nc1cc(Cl)ccc1C. The van der Waals surface area contributed by atoms with Crippen LogP contribution in [0.1, 0.15) is 18.9 Å². The molecule has 1 aromatic rings. The molecule has 7 heteroatoms. The first-order valence-electron chi connectivity index (χ1n) is 6.57. The van der Waals surface area contributed by atoms with Gasteiger partial charge < -0.3 is 5.32 Å². The van der Waals surface area contributed by atoms with Crippen molar-refractivity contribution < 1.29 is 8.42 Å². The van der Waals surface area contributed by atoms with Crippen LogP contribution in [0, 0.1) is 6.92 Å². The molecule has 20 heavy (non-hydrogen) atoms. The summed E-state index contributed by atoms with van der Waals surface area (Å²) in [5, 5.41) is 3.66. The van der Waals surface area contributed by atoms with Gasteiger partial charge >= 0.3 is 10.2 Å². The van der Waals surface area contributed by atoms with Gasteiger partial charge in [0.25, 0.3) is 0 Å². The van der Waals surface area contributed by atoms with E-state index in [0.29, 0.717) is 17.3 Å². The molecule has 0 heterocycles. The van der Waals surface area contributed by atoms with Crippen LogP contribution in [0.5, 0.6) is 0 Å². The molecule has 0 fully saturated rings. The number of benzene rings is 1. The van der Waals surface area contributed by atoms with Crippen LogP contribution in [0.3, 0.4) is 0 Å². The molecule has 0 spiro atoms. The first-order valence-corrected chi connectivity index (χ1v) is 8.39. The Morgan fingerprint density at radius 3 is 2.70 bits per heavy atom. The molecule has 0 aliphatic rings. The largest absolute Gasteiger partial charge is 0.317 e. The maximum atomic E-state index is 12.2. The highest BCUT2D eigenvalue weighted by Gasteiger charge is 2.18. The Morgan fingerprint density at radius 2 is 2.05 bits per heavy atom. The molecule has 5 nitrogen and oxygen atoms in total. The quantitative estimate of drug-likeness (QED) is 0.722. The fourth-order valence-electron chi connectivity index (χ4n) is 1.64. The Hall–Kier alpha value is -0.820. The zero-order chi connectivity index (χ0) is 15.2. The van der Waals surface area contributed by atoms with Gasteiger partial charge in [-0.2, -0.15) is 12.7 Å². The smallest absolute Gasteiger partial charge is 0.301 e. The lowest BCUT2D eigenvalue weighted by molar-refractivity contribution is 0.459. The van der Waals surface area contributed by atoms with Crippen LogP contribution in [-0.4, -0.2) is 39.4 Å². The van der Waals surface area contributed by atoms with Gasteiger partial charge in [0.1, 0.15) is 0 Å². The summed E-state index contributed by atoms with van der Waals surface area (Å²) in [5.41, 5.74) is 1.34. The molecule has 0 saturated heterocycles. The minimum Gasteiger partial charge on any atom is -0.317 e. The Balaban J connectivity index is 2.66. The van der Waals surface area contributed by atoms with Crippen molar-refractivity contribution in [1.82, 2.24) is 9.62 Å². The molecule has 0 aromatic heterocycles. The second kappa shape index (κ2) is 7.83. The maximum Gasteiger partial charge on any atom is 0.301 e. The van der Waals surface area contributed by atoms with E-state index in [9.17, 15) is 8.42 Å². The van der Waals surface area contributed by atoms with E-state index in [1.807, 2.05) is 13.8 Å². The van der Waals surface area contributed by atoms with Crippen LogP contribution >= 0.6 is 11.6 Å². The number of aryl methyl sites for hydroxylation is 1. The predicted octanol–water partition coefficient (Wildman–Crippen LogP) is 2.24. The summed E-state index contributed by atoms with van der Waals surface area (Å²) >= 11 is 5.89. The number of anilines is 1. The Bertz CT molecular complexity index is 534. The molecule has 0 radical (unpaired) electrons. The zero-order valence-corrected chi connectivity index (χ0v) is 13.7. The lowest BCUT2D eigenvalue weighted by atomic mass is 10.2. The number of hydrogen-bond acceptors (Lipinski definition) is 3. The van der Waals surface area contributed by atoms with Crippen molar-refractivity contribution in [3.05, 3.63) is 28.8 Å². The summed E-state index contributed by atoms with van der Waals surface area (Å²) in [6, 6.07) is 5.13. The van der Waals surface area contributed by atoms with E-state index in [-0.39, 0.29) is 0 Å². The lowest BCUT2D eigenvalue weighted by Gasteiger charge is -2.19. The molecule has 0 amide bonds. The Labute approximate surface area is 126 Å². The van der Waals surface area contributed by atoms with Crippen molar-refractivity contribution in [1.29, 1.82) is 0 Å². The van der Waals surface area contributed by atoms with Crippen molar-refractivity contribution in [2.75, 3.05) is 31.4 Å². The van der Waals surface area contributed by atoms with E-state index in [2.05, 4.69) is 10.0 Å². The molecule has 2 N–H and O–H groups in total. The number of hydrogen-bond donors (Lipinski definition) is 2. The Kier molecular flexibility index (Phi) is 6.75. The summed E-state index contributed by atoms with van der Waals surface area (Å²) in [6.07, 6.45) is 0.764. The summed E-state index contributed by atoms with van der Waals surface area (Å²) < 4.78 is 28.2. The molecule has 0 aliphatic carbocycles. The highest BCUT2D eigenvalue weighted by Crippen LogP contribution is 2.21. The molecule has 0 saturated carbocycles. The second-order valence-electron chi connectivity index (χ2n) is 4.59. The van der Waals surface area contributed by atoms with Gasteiger partial charge in [0, 0.05) is 18.6 Å². The Morgan fingerprint density at radius 1 is 1.35 bits per heavy atom. The van der Waals surface area contributed by atoms with Gasteiger partial charge in [0.15, 0.2) is 0 Å². The van der Waals surface area contributed by atoms with Crippen molar-refractivity contribution in [3.63, 3.8) is 0 Å². The second-order valence-corrected chi connectivity index (χ2v) is 6.81. The topological polar surface area (TPSA) is 61.4 Å². The molecule has 0 bridgehead atoms. The van der Waals surface area contributed by atoms with Crippen molar-refractivity contribution in [2.24, 2.45) is 0 Å². The summed E-state index contributed by atoms with van der Waals surface area (Å²) in [5.74, 6) is 0. The lowest BCUT2D eigenvalue weighted by Crippen LogP contribution is -2.34. The van der Waals surface area contributed by atoms with Crippen molar-refractivity contribution in [2.45, 2.75) is 20.3 Å². The first-order chi connectivity index (χ1) is 9.36. The monoisotopic (exact) mass is 319 g/mol. The zero-order valence-electron chi connectivity index (χ0n) is 12.1. The standard InChI is InChI=1S/C13H22ClN3O2S/c1-4-15-8-5-9-17(3)20(18,19)16-13-10-12(14)7-6-11(13)2/h6-7,10,15-16H,4-5,8-9H2,1-3H3. The van der Waals surface area contributed by atoms with Gasteiger partial charge in [0.2, 0.25) is 0 Å². The van der Waals surface area contributed by atoms with Gasteiger partial charge in [0.05, 0.1) is 5.69 Å². The summed E-state index contributed by atoms with van der Waals surface area (Å²) in [6.45, 7) is 5.99. The average Bonchev–Trinajstić information content (AvgIpc) is 2.38. The molecular formula is C13H22ClN3O2S. The van der Waals surface area contributed by atoms with E-state index in [4.69, 9.17) is 11.6 Å². The van der Waals surface area contributed by atoms with Crippen LogP contribution in [-0.2, 0) is 10.2 Å². The number of nitrogens with one attached hydrogen (secondary N) is 2. The molecule has 114 valence electrons. The van der Waals surface area contributed by atoms with Gasteiger partial charge in [-0.15, -0.1) is 0 Å². The summed E-state index contributed by atoms with van der Waals surface area (Å²) in [7, 11) is -1.98. The van der Waals surface area contributed by atoms with E-state index in [1.54, 1.807) is 25.2 Å². The minimum atomic E-state index is -3.54. The molecule has 1 aromatic carbocycles. The maximum absolute atomic E-state index is 12.2. The minimum absolute atomic E-state index is 0.460. The van der Waals surface area contributed by atoms with Crippen molar-refractivity contribution >= 4 is 27.5 Å². The van der Waals surface area contributed by atoms with Gasteiger partial charge in [-0.3, -0.25) is 4.72 Å².